The maximum atomic E-state index is 11.3. The van der Waals surface area contributed by atoms with Crippen LogP contribution in [0.25, 0.3) is 0 Å². The summed E-state index contributed by atoms with van der Waals surface area (Å²) in [6.45, 7) is 2.49. The van der Waals surface area contributed by atoms with Crippen LogP contribution in [-0.2, 0) is 9.84 Å². The second-order valence-electron chi connectivity index (χ2n) is 4.41. The molecule has 1 aromatic rings. The molecule has 1 fully saturated rings. The van der Waals surface area contributed by atoms with Gasteiger partial charge >= 0.3 is 0 Å². The molecule has 1 unspecified atom stereocenters. The van der Waals surface area contributed by atoms with Gasteiger partial charge in [-0.25, -0.2) is 13.4 Å². The molecule has 1 aromatic heterocycles. The number of aryl methyl sites for hydroxylation is 1. The number of hydrogen-bond acceptors (Lipinski definition) is 6. The van der Waals surface area contributed by atoms with Crippen LogP contribution < -0.4 is 11.1 Å². The molecule has 0 bridgehead atoms. The number of sulfone groups is 1. The summed E-state index contributed by atoms with van der Waals surface area (Å²) in [6, 6.07) is 0. The topological polar surface area (TPSA) is 98.0 Å². The van der Waals surface area contributed by atoms with E-state index in [1.54, 1.807) is 6.20 Å². The van der Waals surface area contributed by atoms with Gasteiger partial charge in [-0.2, -0.15) is 4.98 Å². The van der Waals surface area contributed by atoms with E-state index in [2.05, 4.69) is 15.3 Å². The molecule has 0 aliphatic carbocycles. The maximum Gasteiger partial charge on any atom is 0.221 e. The Balaban J connectivity index is 1.97. The number of aromatic nitrogens is 2. The Morgan fingerprint density at radius 3 is 3.00 bits per heavy atom. The first-order valence-electron chi connectivity index (χ1n) is 5.50. The highest BCUT2D eigenvalue weighted by Gasteiger charge is 2.27. The highest BCUT2D eigenvalue weighted by atomic mass is 32.2. The molecule has 17 heavy (non-hydrogen) atoms. The number of nitrogen functional groups attached to an aromatic ring is 1. The number of rotatable bonds is 3. The molecule has 7 heteroatoms. The summed E-state index contributed by atoms with van der Waals surface area (Å²) in [5.41, 5.74) is 6.40. The van der Waals surface area contributed by atoms with Crippen LogP contribution in [-0.4, -0.2) is 36.4 Å². The fraction of sp³-hybridized carbons (Fsp3) is 0.600. The van der Waals surface area contributed by atoms with Gasteiger partial charge in [-0.3, -0.25) is 0 Å². The highest BCUT2D eigenvalue weighted by Crippen LogP contribution is 2.19. The minimum absolute atomic E-state index is 0.163. The first-order chi connectivity index (χ1) is 7.96. The summed E-state index contributed by atoms with van der Waals surface area (Å²) in [5, 5.41) is 3.14. The zero-order valence-corrected chi connectivity index (χ0v) is 10.5. The molecule has 0 aromatic carbocycles. The third-order valence-corrected chi connectivity index (χ3v) is 4.71. The second-order valence-corrected chi connectivity index (χ2v) is 6.64. The van der Waals surface area contributed by atoms with E-state index in [0.29, 0.717) is 18.1 Å². The smallest absolute Gasteiger partial charge is 0.221 e. The molecule has 2 heterocycles. The predicted octanol–water partition coefficient (Wildman–Crippen LogP) is 0.214. The Labute approximate surface area is 101 Å². The van der Waals surface area contributed by atoms with Gasteiger partial charge in [0.1, 0.15) is 5.82 Å². The van der Waals surface area contributed by atoms with Crippen LogP contribution in [0, 0.1) is 12.8 Å². The minimum atomic E-state index is -2.82. The molecule has 1 saturated heterocycles. The van der Waals surface area contributed by atoms with Crippen LogP contribution in [0.5, 0.6) is 0 Å². The lowest BCUT2D eigenvalue weighted by atomic mass is 10.1. The zero-order valence-electron chi connectivity index (χ0n) is 9.68. The summed E-state index contributed by atoms with van der Waals surface area (Å²) in [4.78, 5) is 7.95. The number of hydrogen-bond donors (Lipinski definition) is 2. The highest BCUT2D eigenvalue weighted by molar-refractivity contribution is 7.91. The van der Waals surface area contributed by atoms with E-state index in [-0.39, 0.29) is 17.6 Å². The molecule has 1 atom stereocenters. The van der Waals surface area contributed by atoms with Crippen LogP contribution in [0.15, 0.2) is 6.20 Å². The lowest BCUT2D eigenvalue weighted by molar-refractivity contribution is 0.595. The molecule has 1 aliphatic rings. The van der Waals surface area contributed by atoms with Crippen molar-refractivity contribution in [3.63, 3.8) is 0 Å². The first kappa shape index (κ1) is 12.1. The maximum absolute atomic E-state index is 11.3. The van der Waals surface area contributed by atoms with Crippen LogP contribution in [0.1, 0.15) is 12.0 Å². The summed E-state index contributed by atoms with van der Waals surface area (Å²) >= 11 is 0. The van der Waals surface area contributed by atoms with Gasteiger partial charge in [-0.1, -0.05) is 0 Å². The number of anilines is 2. The SMILES string of the molecule is Cc1cnc(N)nc1NCC1CCS(=O)(=O)C1. The van der Waals surface area contributed by atoms with Gasteiger partial charge in [0.2, 0.25) is 5.95 Å². The fourth-order valence-electron chi connectivity index (χ4n) is 1.91. The number of nitrogens with two attached hydrogens (primary N) is 1. The average molecular weight is 256 g/mol. The van der Waals surface area contributed by atoms with E-state index in [0.717, 1.165) is 12.0 Å². The van der Waals surface area contributed by atoms with Crippen LogP contribution >= 0.6 is 0 Å². The molecule has 0 spiro atoms. The normalized spacial score (nSPS) is 22.5. The van der Waals surface area contributed by atoms with Crippen molar-refractivity contribution in [1.29, 1.82) is 0 Å². The van der Waals surface area contributed by atoms with E-state index < -0.39 is 9.84 Å². The van der Waals surface area contributed by atoms with E-state index in [4.69, 9.17) is 5.73 Å². The first-order valence-corrected chi connectivity index (χ1v) is 7.32. The van der Waals surface area contributed by atoms with Crippen molar-refractivity contribution in [2.45, 2.75) is 13.3 Å². The molecule has 94 valence electrons. The fourth-order valence-corrected chi connectivity index (χ4v) is 3.77. The van der Waals surface area contributed by atoms with Crippen LogP contribution in [0.4, 0.5) is 11.8 Å². The lowest BCUT2D eigenvalue weighted by Gasteiger charge is -2.11. The van der Waals surface area contributed by atoms with Crippen molar-refractivity contribution < 1.29 is 8.42 Å². The third-order valence-electron chi connectivity index (χ3n) is 2.88. The lowest BCUT2D eigenvalue weighted by Crippen LogP contribution is -2.17. The monoisotopic (exact) mass is 256 g/mol. The summed E-state index contributed by atoms with van der Waals surface area (Å²) < 4.78 is 22.6. The number of nitrogens with one attached hydrogen (secondary N) is 1. The van der Waals surface area contributed by atoms with Crippen molar-refractivity contribution in [2.75, 3.05) is 29.1 Å². The summed E-state index contributed by atoms with van der Waals surface area (Å²) in [5.74, 6) is 1.62. The molecule has 0 saturated carbocycles. The van der Waals surface area contributed by atoms with Gasteiger partial charge in [0.25, 0.3) is 0 Å². The molecule has 1 aliphatic heterocycles. The van der Waals surface area contributed by atoms with Gasteiger partial charge in [-0.15, -0.1) is 0 Å². The van der Waals surface area contributed by atoms with E-state index in [9.17, 15) is 8.42 Å². The third kappa shape index (κ3) is 3.06. The molecule has 0 amide bonds. The molecule has 3 N–H and O–H groups in total. The Morgan fingerprint density at radius 2 is 2.35 bits per heavy atom. The molecular weight excluding hydrogens is 240 g/mol. The molecular formula is C10H16N4O2S. The van der Waals surface area contributed by atoms with Crippen molar-refractivity contribution in [3.05, 3.63) is 11.8 Å². The molecule has 2 rings (SSSR count). The van der Waals surface area contributed by atoms with Crippen LogP contribution in [0.2, 0.25) is 0 Å². The summed E-state index contributed by atoms with van der Waals surface area (Å²) in [6.07, 6.45) is 2.37. The quantitative estimate of drug-likeness (QED) is 0.802. The Kier molecular flexibility index (Phi) is 3.19. The Hall–Kier alpha value is -1.37. The zero-order chi connectivity index (χ0) is 12.5. The minimum Gasteiger partial charge on any atom is -0.369 e. The summed E-state index contributed by atoms with van der Waals surface area (Å²) in [7, 11) is -2.82. The molecule has 0 radical (unpaired) electrons. The Morgan fingerprint density at radius 1 is 1.59 bits per heavy atom. The average Bonchev–Trinajstić information content (AvgIpc) is 2.60. The number of nitrogens with zero attached hydrogens (tertiary/aromatic N) is 2. The van der Waals surface area contributed by atoms with Crippen molar-refractivity contribution in [1.82, 2.24) is 9.97 Å². The standard InChI is InChI=1S/C10H16N4O2S/c1-7-4-13-10(11)14-9(7)12-5-8-2-3-17(15,16)6-8/h4,8H,2-3,5-6H2,1H3,(H3,11,12,13,14). The molecule has 6 nitrogen and oxygen atoms in total. The van der Waals surface area contributed by atoms with Gasteiger partial charge < -0.3 is 11.1 Å². The van der Waals surface area contributed by atoms with E-state index in [1.807, 2.05) is 6.92 Å². The van der Waals surface area contributed by atoms with Crippen molar-refractivity contribution >= 4 is 21.6 Å². The van der Waals surface area contributed by atoms with Crippen molar-refractivity contribution in [3.8, 4) is 0 Å². The van der Waals surface area contributed by atoms with Gasteiger partial charge in [0.15, 0.2) is 9.84 Å². The predicted molar refractivity (Wildman–Crippen MR) is 66.4 cm³/mol. The van der Waals surface area contributed by atoms with Crippen molar-refractivity contribution in [2.24, 2.45) is 5.92 Å². The van der Waals surface area contributed by atoms with Gasteiger partial charge in [0, 0.05) is 18.3 Å². The van der Waals surface area contributed by atoms with Gasteiger partial charge in [0.05, 0.1) is 11.5 Å². The van der Waals surface area contributed by atoms with E-state index >= 15 is 0 Å². The Bertz CT molecular complexity index is 515. The van der Waals surface area contributed by atoms with E-state index in [1.165, 1.54) is 0 Å². The largest absolute Gasteiger partial charge is 0.369 e. The van der Waals surface area contributed by atoms with Crippen LogP contribution in [0.3, 0.4) is 0 Å². The second kappa shape index (κ2) is 4.48. The van der Waals surface area contributed by atoms with Gasteiger partial charge in [-0.05, 0) is 19.3 Å².